The topological polar surface area (TPSA) is 6.48 Å². The second-order valence-corrected chi connectivity index (χ2v) is 10.2. The predicted octanol–water partition coefficient (Wildman–Crippen LogP) is 5.92. The minimum Gasteiger partial charge on any atom is -0.302 e. The molecule has 0 bridgehead atoms. The van der Waals surface area contributed by atoms with E-state index >= 15 is 0 Å². The van der Waals surface area contributed by atoms with E-state index in [1.165, 1.54) is 78.9 Å². The highest BCUT2D eigenvalue weighted by atomic mass is 32.2. The van der Waals surface area contributed by atoms with Gasteiger partial charge in [-0.3, -0.25) is 4.90 Å². The maximum absolute atomic E-state index is 3.49. The zero-order valence-electron chi connectivity index (χ0n) is 18.8. The molecule has 3 heteroatoms. The summed E-state index contributed by atoms with van der Waals surface area (Å²) in [5.41, 5.74) is 5.71. The van der Waals surface area contributed by atoms with Gasteiger partial charge in [0.25, 0.3) is 0 Å². The largest absolute Gasteiger partial charge is 0.302 e. The molecule has 162 valence electrons. The third-order valence-electron chi connectivity index (χ3n) is 7.35. The molecule has 31 heavy (non-hydrogen) atoms. The molecule has 2 aromatic rings. The summed E-state index contributed by atoms with van der Waals surface area (Å²) in [4.78, 5) is 6.63. The molecule has 2 saturated heterocycles. The van der Waals surface area contributed by atoms with Crippen LogP contribution in [0.25, 0.3) is 0 Å². The molecule has 2 atom stereocenters. The van der Waals surface area contributed by atoms with E-state index < -0.39 is 0 Å². The number of piperidine rings is 1. The molecule has 0 aliphatic carbocycles. The van der Waals surface area contributed by atoms with Crippen LogP contribution >= 0.6 is 11.8 Å². The number of hydrogen-bond acceptors (Lipinski definition) is 3. The van der Waals surface area contributed by atoms with Gasteiger partial charge in [0.2, 0.25) is 0 Å². The number of rotatable bonds is 4. The van der Waals surface area contributed by atoms with Gasteiger partial charge in [-0.2, -0.15) is 0 Å². The molecule has 5 rings (SSSR count). The third-order valence-corrected chi connectivity index (χ3v) is 8.10. The number of thioether (sulfide) groups is 1. The average Bonchev–Trinajstić information content (AvgIpc) is 3.31. The summed E-state index contributed by atoms with van der Waals surface area (Å²) in [5, 5.41) is 0. The van der Waals surface area contributed by atoms with Crippen molar-refractivity contribution in [3.05, 3.63) is 64.7 Å². The first-order valence-corrected chi connectivity index (χ1v) is 13.3. The van der Waals surface area contributed by atoms with Crippen LogP contribution in [0.1, 0.15) is 72.7 Å². The van der Waals surface area contributed by atoms with Crippen molar-refractivity contribution in [2.75, 3.05) is 39.0 Å². The Morgan fingerprint density at radius 2 is 1.77 bits per heavy atom. The van der Waals surface area contributed by atoms with E-state index in [1.54, 1.807) is 0 Å². The van der Waals surface area contributed by atoms with Crippen LogP contribution in [0.15, 0.2) is 47.4 Å². The summed E-state index contributed by atoms with van der Waals surface area (Å²) in [6.45, 7) is 6.03. The van der Waals surface area contributed by atoms with Gasteiger partial charge in [-0.05, 0) is 92.5 Å². The fourth-order valence-corrected chi connectivity index (χ4v) is 6.08. The molecule has 2 nitrogen and oxygen atoms in total. The Morgan fingerprint density at radius 1 is 0.935 bits per heavy atom. The van der Waals surface area contributed by atoms with Gasteiger partial charge in [-0.15, -0.1) is 11.8 Å². The van der Waals surface area contributed by atoms with Crippen LogP contribution in [0, 0.1) is 11.8 Å². The lowest BCUT2D eigenvalue weighted by Crippen LogP contribution is -2.34. The monoisotopic (exact) mass is 430 g/mol. The SMILES string of the molecule is CSc1ccc([C@H]2CN3CCC[C@H]3c3cc(C#CCCN4CCCCC4)ccc32)cc1. The van der Waals surface area contributed by atoms with E-state index in [0.717, 1.165) is 19.5 Å². The third kappa shape index (κ3) is 4.72. The Morgan fingerprint density at radius 3 is 2.58 bits per heavy atom. The highest BCUT2D eigenvalue weighted by Gasteiger charge is 2.36. The summed E-state index contributed by atoms with van der Waals surface area (Å²) in [6, 6.07) is 16.9. The number of likely N-dealkylation sites (tertiary alicyclic amines) is 1. The summed E-state index contributed by atoms with van der Waals surface area (Å²) < 4.78 is 0. The van der Waals surface area contributed by atoms with Gasteiger partial charge in [0, 0.05) is 41.9 Å². The van der Waals surface area contributed by atoms with Crippen LogP contribution in [0.4, 0.5) is 0 Å². The maximum atomic E-state index is 3.49. The smallest absolute Gasteiger partial charge is 0.0352 e. The number of benzene rings is 2. The van der Waals surface area contributed by atoms with Gasteiger partial charge in [0.05, 0.1) is 0 Å². The zero-order valence-corrected chi connectivity index (χ0v) is 19.6. The molecule has 0 spiro atoms. The molecule has 2 aromatic carbocycles. The molecule has 0 saturated carbocycles. The summed E-state index contributed by atoms with van der Waals surface area (Å²) >= 11 is 1.82. The van der Waals surface area contributed by atoms with Crippen LogP contribution in [0.2, 0.25) is 0 Å². The normalized spacial score (nSPS) is 23.6. The van der Waals surface area contributed by atoms with Crippen molar-refractivity contribution >= 4 is 11.8 Å². The second-order valence-electron chi connectivity index (χ2n) is 9.28. The minimum absolute atomic E-state index is 0.473. The van der Waals surface area contributed by atoms with E-state index in [4.69, 9.17) is 0 Å². The molecule has 0 unspecified atom stereocenters. The van der Waals surface area contributed by atoms with Crippen molar-refractivity contribution in [1.29, 1.82) is 0 Å². The van der Waals surface area contributed by atoms with E-state index in [0.29, 0.717) is 12.0 Å². The van der Waals surface area contributed by atoms with Crippen LogP contribution < -0.4 is 0 Å². The van der Waals surface area contributed by atoms with E-state index in [2.05, 4.69) is 70.4 Å². The molecule has 3 heterocycles. The van der Waals surface area contributed by atoms with E-state index in [-0.39, 0.29) is 0 Å². The Bertz CT molecular complexity index is 949. The van der Waals surface area contributed by atoms with E-state index in [9.17, 15) is 0 Å². The van der Waals surface area contributed by atoms with Gasteiger partial charge in [-0.1, -0.05) is 36.5 Å². The summed E-state index contributed by atoms with van der Waals surface area (Å²) in [5.74, 6) is 7.42. The van der Waals surface area contributed by atoms with Crippen LogP contribution in [0.5, 0.6) is 0 Å². The molecular formula is C28H34N2S. The molecule has 3 aliphatic heterocycles. The second kappa shape index (κ2) is 9.82. The van der Waals surface area contributed by atoms with E-state index in [1.807, 2.05) is 11.8 Å². The molecule has 0 N–H and O–H groups in total. The maximum Gasteiger partial charge on any atom is 0.0352 e. The molecule has 0 aromatic heterocycles. The standard InChI is InChI=1S/C28H34N2S/c1-31-24-13-11-23(12-14-24)27-21-30-19-7-9-28(30)26-20-22(10-15-25(26)27)8-3-6-18-29-16-4-2-5-17-29/h10-15,20,27-28H,2,4-7,9,16-19,21H2,1H3/t27-,28+/m1/s1. The first kappa shape index (κ1) is 21.1. The van der Waals surface area contributed by atoms with Crippen molar-refractivity contribution in [3.8, 4) is 11.8 Å². The van der Waals surface area contributed by atoms with Crippen molar-refractivity contribution < 1.29 is 0 Å². The molecule has 2 fully saturated rings. The van der Waals surface area contributed by atoms with Crippen molar-refractivity contribution in [1.82, 2.24) is 9.80 Å². The van der Waals surface area contributed by atoms with Crippen molar-refractivity contribution in [2.24, 2.45) is 0 Å². The van der Waals surface area contributed by atoms with Gasteiger partial charge < -0.3 is 4.90 Å². The first-order valence-electron chi connectivity index (χ1n) is 12.0. The fourth-order valence-electron chi connectivity index (χ4n) is 5.67. The lowest BCUT2D eigenvalue weighted by Gasteiger charge is -2.37. The van der Waals surface area contributed by atoms with Gasteiger partial charge >= 0.3 is 0 Å². The highest BCUT2D eigenvalue weighted by molar-refractivity contribution is 7.98. The average molecular weight is 431 g/mol. The zero-order chi connectivity index (χ0) is 21.0. The number of nitrogens with zero attached hydrogens (tertiary/aromatic N) is 2. The van der Waals surface area contributed by atoms with Crippen molar-refractivity contribution in [3.63, 3.8) is 0 Å². The molecular weight excluding hydrogens is 396 g/mol. The summed E-state index contributed by atoms with van der Waals surface area (Å²) in [7, 11) is 0. The summed E-state index contributed by atoms with van der Waals surface area (Å²) in [6.07, 6.45) is 9.85. The predicted molar refractivity (Wildman–Crippen MR) is 132 cm³/mol. The Balaban J connectivity index is 1.36. The Labute approximate surface area is 192 Å². The quantitative estimate of drug-likeness (QED) is 0.439. The van der Waals surface area contributed by atoms with Crippen LogP contribution in [-0.2, 0) is 0 Å². The van der Waals surface area contributed by atoms with Crippen molar-refractivity contribution in [2.45, 2.75) is 55.4 Å². The van der Waals surface area contributed by atoms with Gasteiger partial charge in [-0.25, -0.2) is 0 Å². The fraction of sp³-hybridized carbons (Fsp3) is 0.500. The minimum atomic E-state index is 0.473. The van der Waals surface area contributed by atoms with Crippen LogP contribution in [-0.4, -0.2) is 48.8 Å². The van der Waals surface area contributed by atoms with Gasteiger partial charge in [0.15, 0.2) is 0 Å². The Kier molecular flexibility index (Phi) is 6.69. The number of hydrogen-bond donors (Lipinski definition) is 0. The first-order chi connectivity index (χ1) is 15.3. The molecule has 3 aliphatic rings. The lowest BCUT2D eigenvalue weighted by molar-refractivity contribution is 0.230. The number of fused-ring (bicyclic) bond motifs is 3. The molecule has 0 amide bonds. The molecule has 0 radical (unpaired) electrons. The Hall–Kier alpha value is -1.73. The highest BCUT2D eigenvalue weighted by Crippen LogP contribution is 2.44. The van der Waals surface area contributed by atoms with Crippen LogP contribution in [0.3, 0.4) is 0 Å². The lowest BCUT2D eigenvalue weighted by atomic mass is 9.81. The van der Waals surface area contributed by atoms with Gasteiger partial charge in [0.1, 0.15) is 0 Å².